The van der Waals surface area contributed by atoms with Gasteiger partial charge in [0.05, 0.1) is 0 Å². The second kappa shape index (κ2) is 34.6. The van der Waals surface area contributed by atoms with Gasteiger partial charge in [-0.05, 0) is 178 Å². The average molecular weight is 1190 g/mol. The maximum atomic E-state index is 5.87. The smallest absolute Gasteiger partial charge is 0.127 e. The highest BCUT2D eigenvalue weighted by Gasteiger charge is 2.17. The van der Waals surface area contributed by atoms with E-state index in [1.54, 1.807) is 0 Å². The van der Waals surface area contributed by atoms with Crippen molar-refractivity contribution in [1.29, 1.82) is 0 Å². The molecule has 3 heteroatoms. The fourth-order valence-corrected chi connectivity index (χ4v) is 8.48. The van der Waals surface area contributed by atoms with Crippen molar-refractivity contribution in [1.82, 2.24) is 0 Å². The van der Waals surface area contributed by atoms with E-state index >= 15 is 0 Å². The van der Waals surface area contributed by atoms with Crippen molar-refractivity contribution < 1.29 is 14.2 Å². The van der Waals surface area contributed by atoms with Crippen molar-refractivity contribution in [3.05, 3.63) is 286 Å². The van der Waals surface area contributed by atoms with E-state index in [0.717, 1.165) is 40.1 Å². The molecule has 0 saturated carbocycles. The number of ether oxygens (including phenoxy) is 3. The first-order chi connectivity index (χ1) is 40.5. The summed E-state index contributed by atoms with van der Waals surface area (Å²) in [5.74, 6) is 7.93. The molecule has 0 radical (unpaired) electrons. The van der Waals surface area contributed by atoms with Gasteiger partial charge in [-0.2, -0.15) is 0 Å². The van der Waals surface area contributed by atoms with Gasteiger partial charge in [-0.1, -0.05) is 307 Å². The van der Waals surface area contributed by atoms with E-state index in [2.05, 4.69) is 280 Å². The molecule has 0 bridgehead atoms. The third-order valence-corrected chi connectivity index (χ3v) is 14.3. The molecule has 0 aliphatic carbocycles. The van der Waals surface area contributed by atoms with Crippen LogP contribution in [-0.4, -0.2) is 0 Å². The lowest BCUT2D eigenvalue weighted by Gasteiger charge is -2.19. The quantitative estimate of drug-likeness (QED) is 0.155. The van der Waals surface area contributed by atoms with Crippen molar-refractivity contribution in [2.75, 3.05) is 0 Å². The molecule has 474 valence electrons. The number of hydrogen-bond donors (Lipinski definition) is 0. The minimum absolute atomic E-state index is 0. The van der Waals surface area contributed by atoms with Gasteiger partial charge in [0, 0.05) is 5.56 Å². The Hall–Kier alpha value is -8.06. The number of rotatable bonds is 6. The van der Waals surface area contributed by atoms with Crippen LogP contribution in [0.5, 0.6) is 34.5 Å². The Morgan fingerprint density at radius 1 is 0.236 bits per heavy atom. The fraction of sp³-hybridized carbons (Fsp3) is 0.349. The van der Waals surface area contributed by atoms with Crippen LogP contribution in [0.4, 0.5) is 0 Å². The van der Waals surface area contributed by atoms with E-state index < -0.39 is 0 Å². The predicted octanol–water partition coefficient (Wildman–Crippen LogP) is 25.8. The summed E-state index contributed by atoms with van der Waals surface area (Å²) >= 11 is 0. The lowest BCUT2D eigenvalue weighted by molar-refractivity contribution is 0.478. The van der Waals surface area contributed by atoms with Crippen LogP contribution in [0.25, 0.3) is 0 Å². The van der Waals surface area contributed by atoms with Gasteiger partial charge in [0.1, 0.15) is 34.5 Å². The van der Waals surface area contributed by atoms with Gasteiger partial charge in [-0.25, -0.2) is 0 Å². The average Bonchev–Trinajstić information content (AvgIpc) is 2.24. The summed E-state index contributed by atoms with van der Waals surface area (Å²) in [4.78, 5) is 0. The summed E-state index contributed by atoms with van der Waals surface area (Å²) in [7, 11) is 0. The maximum Gasteiger partial charge on any atom is 0.127 e. The Morgan fingerprint density at radius 3 is 0.798 bits per heavy atom. The summed E-state index contributed by atoms with van der Waals surface area (Å²) in [6.07, 6.45) is 5.31. The van der Waals surface area contributed by atoms with Crippen molar-refractivity contribution >= 4 is 0 Å². The number of hydrogen-bond acceptors (Lipinski definition) is 3. The Labute approximate surface area is 543 Å². The molecule has 0 N–H and O–H groups in total. The largest absolute Gasteiger partial charge is 0.457 e. The summed E-state index contributed by atoms with van der Waals surface area (Å²) in [6.45, 7) is 48.3. The molecule has 0 aliphatic rings. The van der Waals surface area contributed by atoms with Gasteiger partial charge >= 0.3 is 0 Å². The molecule has 0 saturated heterocycles. The van der Waals surface area contributed by atoms with Gasteiger partial charge in [0.15, 0.2) is 0 Å². The lowest BCUT2D eigenvalue weighted by Crippen LogP contribution is -2.10. The normalized spacial score (nSPS) is 11.1. The number of aryl methyl sites for hydroxylation is 4. The third kappa shape index (κ3) is 28.8. The van der Waals surface area contributed by atoms with Crippen LogP contribution in [0.2, 0.25) is 0 Å². The molecule has 0 atom stereocenters. The van der Waals surface area contributed by atoms with E-state index in [4.69, 9.17) is 20.6 Å². The molecule has 3 nitrogen and oxygen atoms in total. The van der Waals surface area contributed by atoms with E-state index in [-0.39, 0.29) is 47.3 Å². The molecule has 0 aromatic heterocycles. The first-order valence-corrected chi connectivity index (χ1v) is 30.7. The van der Waals surface area contributed by atoms with Crippen LogP contribution in [0.15, 0.2) is 224 Å². The van der Waals surface area contributed by atoms with Gasteiger partial charge in [-0.3, -0.25) is 0 Å². The minimum atomic E-state index is 0. The van der Waals surface area contributed by atoms with Crippen molar-refractivity contribution in [3.8, 4) is 46.8 Å². The Balaban J connectivity index is 0.000000367. The van der Waals surface area contributed by atoms with E-state index in [0.29, 0.717) is 0 Å². The van der Waals surface area contributed by atoms with Gasteiger partial charge in [-0.15, -0.1) is 6.42 Å². The molecule has 0 fully saturated rings. The zero-order chi connectivity index (χ0) is 64.8. The molecule has 0 heterocycles. The first-order valence-electron chi connectivity index (χ1n) is 30.7. The van der Waals surface area contributed by atoms with Crippen molar-refractivity contribution in [2.24, 2.45) is 0 Å². The Morgan fingerprint density at radius 2 is 0.494 bits per heavy atom. The number of para-hydroxylation sites is 1. The van der Waals surface area contributed by atoms with E-state index in [1.807, 2.05) is 103 Å². The standard InChI is InChI=1S/2C17H20O.C16H18O.C12H14.2C11H16.2CH4/c1-13-5-9-15(10-6-13)18-16-11-7-14(8-12-16)17(2,3)4;1-13-8-10-15(11-9-13)18-16-7-5-6-14(12-16)17(2,3)4;1-16(2,3)13-9-11-15(12-10-13)17-14-7-5-4-6-8-14;1-5-10-7-6-8-11(9-10)12(2,3)4;2*1-9-6-5-7-10(8-9)11(2,3)4;;/h2*5-12H,1-4H3;4-12H,1-3H3;1,6-9H,2-4H3;2*5-8H,1-4H3;2*1H4. The van der Waals surface area contributed by atoms with Gasteiger partial charge < -0.3 is 14.2 Å². The highest BCUT2D eigenvalue weighted by molar-refractivity contribution is 5.41. The fourth-order valence-electron chi connectivity index (χ4n) is 8.48. The SMILES string of the molecule is C.C.C#Cc1cccc(C(C)(C)C)c1.CC(C)(C)c1ccc(Oc2ccccc2)cc1.Cc1ccc(Oc2ccc(C(C)(C)C)cc2)cc1.Cc1ccc(Oc2cccc(C(C)(C)C)c2)cc1.Cc1cccc(C(C)(C)C)c1.Cc1cccc(C(C)(C)C)c1. The van der Waals surface area contributed by atoms with Crippen LogP contribution < -0.4 is 14.2 Å². The van der Waals surface area contributed by atoms with E-state index in [1.165, 1.54) is 55.6 Å². The highest BCUT2D eigenvalue weighted by atomic mass is 16.5. The monoisotopic (exact) mass is 1190 g/mol. The molecule has 89 heavy (non-hydrogen) atoms. The summed E-state index contributed by atoms with van der Waals surface area (Å²) < 4.78 is 17.4. The molecule has 0 amide bonds. The molecule has 9 aromatic rings. The first kappa shape index (κ1) is 77.0. The molecule has 0 aliphatic heterocycles. The predicted molar refractivity (Wildman–Crippen MR) is 391 cm³/mol. The zero-order valence-corrected chi connectivity index (χ0v) is 57.2. The number of benzene rings is 9. The van der Waals surface area contributed by atoms with Crippen molar-refractivity contribution in [2.45, 2.75) is 200 Å². The zero-order valence-electron chi connectivity index (χ0n) is 57.2. The maximum absolute atomic E-state index is 5.87. The third-order valence-electron chi connectivity index (χ3n) is 14.3. The lowest BCUT2D eigenvalue weighted by atomic mass is 9.86. The van der Waals surface area contributed by atoms with Gasteiger partial charge in [0.25, 0.3) is 0 Å². The second-order valence-corrected chi connectivity index (χ2v) is 28.8. The van der Waals surface area contributed by atoms with Crippen molar-refractivity contribution in [3.63, 3.8) is 0 Å². The van der Waals surface area contributed by atoms with Crippen LogP contribution in [-0.2, 0) is 32.5 Å². The highest BCUT2D eigenvalue weighted by Crippen LogP contribution is 2.31. The topological polar surface area (TPSA) is 27.7 Å². The molecule has 9 rings (SSSR count). The van der Waals surface area contributed by atoms with Crippen LogP contribution in [0, 0.1) is 40.0 Å². The van der Waals surface area contributed by atoms with Crippen LogP contribution in [0.1, 0.15) is 201 Å². The molecular formula is C86H112O3. The molecule has 0 unspecified atom stereocenters. The second-order valence-electron chi connectivity index (χ2n) is 28.8. The van der Waals surface area contributed by atoms with E-state index in [9.17, 15) is 0 Å². The Bertz CT molecular complexity index is 3420. The van der Waals surface area contributed by atoms with Gasteiger partial charge in [0.2, 0.25) is 0 Å². The summed E-state index contributed by atoms with van der Waals surface area (Å²) in [6, 6.07) is 76.5. The van der Waals surface area contributed by atoms with Crippen LogP contribution >= 0.6 is 0 Å². The number of terminal acetylenes is 1. The van der Waals surface area contributed by atoms with Crippen LogP contribution in [0.3, 0.4) is 0 Å². The summed E-state index contributed by atoms with van der Waals surface area (Å²) in [5.41, 5.74) is 15.4. The Kier molecular flexibility index (Phi) is 30.0. The molecule has 9 aromatic carbocycles. The summed E-state index contributed by atoms with van der Waals surface area (Å²) in [5, 5.41) is 0. The minimum Gasteiger partial charge on any atom is -0.457 e. The molecular weight excluding hydrogens is 1080 g/mol. The molecule has 0 spiro atoms.